The zero-order chi connectivity index (χ0) is 14.8. The van der Waals surface area contributed by atoms with E-state index in [0.29, 0.717) is 11.4 Å². The molecule has 4 N–H and O–H groups in total. The topological polar surface area (TPSA) is 101 Å². The standard InChI is InChI=1S/C12H14N4O2S2/c1-8-14-7-11(16-8)20(17,18)15-6-9-3-2-4-10(5-9)12(13)19/h2-5,7,15H,6H2,1H3,(H2,13,19)(H,14,16). The van der Waals surface area contributed by atoms with Crippen LogP contribution in [0.5, 0.6) is 0 Å². The zero-order valence-electron chi connectivity index (χ0n) is 10.8. The first-order valence-corrected chi connectivity index (χ1v) is 7.67. The maximum Gasteiger partial charge on any atom is 0.257 e. The number of aryl methyl sites for hydroxylation is 1. The van der Waals surface area contributed by atoms with Crippen molar-refractivity contribution in [2.45, 2.75) is 18.5 Å². The van der Waals surface area contributed by atoms with Gasteiger partial charge >= 0.3 is 0 Å². The highest BCUT2D eigenvalue weighted by molar-refractivity contribution is 7.89. The Morgan fingerprint density at radius 2 is 2.25 bits per heavy atom. The third-order valence-corrected chi connectivity index (χ3v) is 4.19. The van der Waals surface area contributed by atoms with Gasteiger partial charge in [-0.1, -0.05) is 30.4 Å². The number of hydrogen-bond donors (Lipinski definition) is 3. The Bertz CT molecular complexity index is 737. The highest BCUT2D eigenvalue weighted by Crippen LogP contribution is 2.08. The molecule has 0 aliphatic carbocycles. The number of sulfonamides is 1. The molecule has 0 bridgehead atoms. The summed E-state index contributed by atoms with van der Waals surface area (Å²) in [6, 6.07) is 7.10. The van der Waals surface area contributed by atoms with E-state index in [9.17, 15) is 8.42 Å². The van der Waals surface area contributed by atoms with E-state index in [0.717, 1.165) is 5.56 Å². The summed E-state index contributed by atoms with van der Waals surface area (Å²) in [5.74, 6) is 0.542. The number of hydrogen-bond acceptors (Lipinski definition) is 4. The van der Waals surface area contributed by atoms with Crippen LogP contribution in [0.2, 0.25) is 0 Å². The van der Waals surface area contributed by atoms with Gasteiger partial charge in [-0.15, -0.1) is 0 Å². The van der Waals surface area contributed by atoms with E-state index in [1.54, 1.807) is 31.2 Å². The minimum absolute atomic E-state index is 0.0421. The van der Waals surface area contributed by atoms with Crippen LogP contribution in [0.3, 0.4) is 0 Å². The number of aromatic nitrogens is 2. The highest BCUT2D eigenvalue weighted by atomic mass is 32.2. The molecule has 6 nitrogen and oxygen atoms in total. The summed E-state index contributed by atoms with van der Waals surface area (Å²) in [5, 5.41) is 0.0421. The van der Waals surface area contributed by atoms with Gasteiger partial charge in [0.25, 0.3) is 10.0 Å². The molecule has 8 heteroatoms. The van der Waals surface area contributed by atoms with E-state index in [1.165, 1.54) is 6.20 Å². The number of H-pyrrole nitrogens is 1. The molecule has 0 fully saturated rings. The predicted octanol–water partition coefficient (Wildman–Crippen LogP) is 0.831. The van der Waals surface area contributed by atoms with Gasteiger partial charge < -0.3 is 10.7 Å². The van der Waals surface area contributed by atoms with Gasteiger partial charge in [0, 0.05) is 12.1 Å². The van der Waals surface area contributed by atoms with Gasteiger partial charge in [-0.3, -0.25) is 0 Å². The monoisotopic (exact) mass is 310 g/mol. The summed E-state index contributed by atoms with van der Waals surface area (Å²) < 4.78 is 26.5. The normalized spacial score (nSPS) is 11.4. The van der Waals surface area contributed by atoms with Gasteiger partial charge in [0.1, 0.15) is 10.8 Å². The molecule has 20 heavy (non-hydrogen) atoms. The number of benzene rings is 1. The van der Waals surface area contributed by atoms with Crippen LogP contribution in [0.1, 0.15) is 17.0 Å². The molecule has 2 rings (SSSR count). The van der Waals surface area contributed by atoms with Crippen LogP contribution in [-0.2, 0) is 16.6 Å². The van der Waals surface area contributed by atoms with E-state index in [-0.39, 0.29) is 16.6 Å². The van der Waals surface area contributed by atoms with Crippen molar-refractivity contribution >= 4 is 27.2 Å². The van der Waals surface area contributed by atoms with Crippen molar-refractivity contribution in [2.75, 3.05) is 0 Å². The Morgan fingerprint density at radius 3 is 2.85 bits per heavy atom. The molecule has 1 heterocycles. The molecule has 0 amide bonds. The van der Waals surface area contributed by atoms with Gasteiger partial charge in [0.15, 0.2) is 5.03 Å². The largest absolute Gasteiger partial charge is 0.389 e. The maximum atomic E-state index is 12.0. The van der Waals surface area contributed by atoms with E-state index in [4.69, 9.17) is 18.0 Å². The van der Waals surface area contributed by atoms with Crippen LogP contribution in [0, 0.1) is 6.92 Å². The summed E-state index contributed by atoms with van der Waals surface area (Å²) in [7, 11) is -3.60. The first-order chi connectivity index (χ1) is 9.38. The average Bonchev–Trinajstić information content (AvgIpc) is 2.84. The van der Waals surface area contributed by atoms with Crippen LogP contribution in [-0.4, -0.2) is 23.4 Å². The lowest BCUT2D eigenvalue weighted by Crippen LogP contribution is -2.23. The second-order valence-electron chi connectivity index (χ2n) is 4.22. The van der Waals surface area contributed by atoms with Crippen molar-refractivity contribution in [3.8, 4) is 0 Å². The SMILES string of the molecule is Cc1ncc(S(=O)(=O)NCc2cccc(C(N)=S)c2)[nH]1. The smallest absolute Gasteiger partial charge is 0.257 e. The summed E-state index contributed by atoms with van der Waals surface area (Å²) >= 11 is 4.88. The molecular formula is C12H14N4O2S2. The molecule has 0 spiro atoms. The van der Waals surface area contributed by atoms with E-state index in [1.807, 2.05) is 0 Å². The Balaban J connectivity index is 2.12. The van der Waals surface area contributed by atoms with Crippen LogP contribution in [0.15, 0.2) is 35.5 Å². The Kier molecular flexibility index (Phi) is 4.17. The number of nitrogens with one attached hydrogen (secondary N) is 2. The number of nitrogens with two attached hydrogens (primary N) is 1. The lowest BCUT2D eigenvalue weighted by molar-refractivity contribution is 0.578. The van der Waals surface area contributed by atoms with Crippen molar-refractivity contribution in [3.05, 3.63) is 47.4 Å². The van der Waals surface area contributed by atoms with Crippen molar-refractivity contribution in [1.29, 1.82) is 0 Å². The molecule has 0 saturated heterocycles. The Morgan fingerprint density at radius 1 is 1.50 bits per heavy atom. The van der Waals surface area contributed by atoms with Gasteiger partial charge in [0.2, 0.25) is 0 Å². The van der Waals surface area contributed by atoms with Gasteiger partial charge in [-0.05, 0) is 18.6 Å². The first-order valence-electron chi connectivity index (χ1n) is 5.78. The quantitative estimate of drug-likeness (QED) is 0.710. The fraction of sp³-hybridized carbons (Fsp3) is 0.167. The molecule has 0 aliphatic rings. The minimum Gasteiger partial charge on any atom is -0.389 e. The fourth-order valence-electron chi connectivity index (χ4n) is 1.63. The van der Waals surface area contributed by atoms with Gasteiger partial charge in [-0.2, -0.15) is 0 Å². The van der Waals surface area contributed by atoms with Crippen molar-refractivity contribution < 1.29 is 8.42 Å². The third kappa shape index (κ3) is 3.41. The molecule has 2 aromatic rings. The minimum atomic E-state index is -3.60. The van der Waals surface area contributed by atoms with E-state index >= 15 is 0 Å². The lowest BCUT2D eigenvalue weighted by Gasteiger charge is -2.06. The summed E-state index contributed by atoms with van der Waals surface area (Å²) in [4.78, 5) is 6.82. The maximum absolute atomic E-state index is 12.0. The van der Waals surface area contributed by atoms with Crippen molar-refractivity contribution in [2.24, 2.45) is 5.73 Å². The van der Waals surface area contributed by atoms with Crippen LogP contribution >= 0.6 is 12.2 Å². The molecule has 1 aromatic heterocycles. The summed E-state index contributed by atoms with van der Waals surface area (Å²) in [6.45, 7) is 1.83. The van der Waals surface area contributed by atoms with Crippen LogP contribution in [0.25, 0.3) is 0 Å². The van der Waals surface area contributed by atoms with Crippen LogP contribution < -0.4 is 10.5 Å². The van der Waals surface area contributed by atoms with Gasteiger partial charge in [0.05, 0.1) is 6.20 Å². The number of nitrogens with zero attached hydrogens (tertiary/aromatic N) is 1. The molecule has 0 unspecified atom stereocenters. The second-order valence-corrected chi connectivity index (χ2v) is 6.40. The number of aromatic amines is 1. The third-order valence-electron chi connectivity index (χ3n) is 2.65. The second kappa shape index (κ2) is 5.70. The molecule has 0 atom stereocenters. The zero-order valence-corrected chi connectivity index (χ0v) is 12.4. The Hall–Kier alpha value is -1.77. The van der Waals surface area contributed by atoms with Gasteiger partial charge in [-0.25, -0.2) is 18.1 Å². The summed E-state index contributed by atoms with van der Waals surface area (Å²) in [6.07, 6.45) is 1.28. The average molecular weight is 310 g/mol. The fourth-order valence-corrected chi connectivity index (χ4v) is 2.74. The van der Waals surface area contributed by atoms with E-state index in [2.05, 4.69) is 14.7 Å². The predicted molar refractivity (Wildman–Crippen MR) is 79.7 cm³/mol. The number of thiocarbonyl (C=S) groups is 1. The van der Waals surface area contributed by atoms with Crippen LogP contribution in [0.4, 0.5) is 0 Å². The van der Waals surface area contributed by atoms with Crippen molar-refractivity contribution in [3.63, 3.8) is 0 Å². The number of imidazole rings is 1. The molecule has 0 aliphatic heterocycles. The Labute approximate surface area is 122 Å². The van der Waals surface area contributed by atoms with E-state index < -0.39 is 10.0 Å². The molecular weight excluding hydrogens is 296 g/mol. The lowest BCUT2D eigenvalue weighted by atomic mass is 10.1. The molecule has 0 radical (unpaired) electrons. The summed E-state index contributed by atoms with van der Waals surface area (Å²) in [5.41, 5.74) is 7.01. The number of rotatable bonds is 5. The molecule has 0 saturated carbocycles. The molecule has 106 valence electrons. The molecule has 1 aromatic carbocycles. The first kappa shape index (κ1) is 14.6. The van der Waals surface area contributed by atoms with Crippen molar-refractivity contribution in [1.82, 2.24) is 14.7 Å². The highest BCUT2D eigenvalue weighted by Gasteiger charge is 2.16.